The summed E-state index contributed by atoms with van der Waals surface area (Å²) < 4.78 is 16.7. The van der Waals surface area contributed by atoms with Gasteiger partial charge in [-0.05, 0) is 69.4 Å². The molecule has 4 aromatic rings. The minimum absolute atomic E-state index is 0.339. The lowest BCUT2D eigenvalue weighted by atomic mass is 9.74. The minimum atomic E-state index is -1.43. The third kappa shape index (κ3) is 5.43. The molecule has 0 aliphatic carbocycles. The minimum Gasteiger partial charge on any atom is -0.481 e. The van der Waals surface area contributed by atoms with Crippen molar-refractivity contribution in [1.82, 2.24) is 14.9 Å². The third-order valence-corrected chi connectivity index (χ3v) is 7.67. The molecule has 0 aliphatic heterocycles. The van der Waals surface area contributed by atoms with Crippen LogP contribution < -0.4 is 14.2 Å². The van der Waals surface area contributed by atoms with Crippen molar-refractivity contribution in [3.8, 4) is 23.7 Å². The van der Waals surface area contributed by atoms with E-state index in [1.54, 1.807) is 48.8 Å². The van der Waals surface area contributed by atoms with E-state index < -0.39 is 11.5 Å². The Balaban J connectivity index is 2.05. The molecule has 0 radical (unpaired) electrons. The molecule has 198 valence electrons. The normalized spacial score (nSPS) is 13.7. The van der Waals surface area contributed by atoms with E-state index in [1.165, 1.54) is 14.2 Å². The monoisotopic (exact) mass is 532 g/mol. The van der Waals surface area contributed by atoms with Crippen LogP contribution in [-0.2, 0) is 5.60 Å². The predicted molar refractivity (Wildman–Crippen MR) is 148 cm³/mol. The quantitative estimate of drug-likeness (QED) is 0.309. The van der Waals surface area contributed by atoms with Gasteiger partial charge in [0.05, 0.1) is 44.4 Å². The fourth-order valence-electron chi connectivity index (χ4n) is 4.66. The number of aliphatic hydroxyl groups is 1. The Bertz CT molecular complexity index is 1460. The van der Waals surface area contributed by atoms with E-state index in [2.05, 4.69) is 11.1 Å². The molecule has 3 aromatic heterocycles. The van der Waals surface area contributed by atoms with Crippen molar-refractivity contribution >= 4 is 22.2 Å². The molecule has 0 fully saturated rings. The van der Waals surface area contributed by atoms with Crippen LogP contribution in [0.5, 0.6) is 17.6 Å². The van der Waals surface area contributed by atoms with Crippen LogP contribution in [0.15, 0.2) is 48.5 Å². The van der Waals surface area contributed by atoms with Crippen molar-refractivity contribution in [3.05, 3.63) is 75.0 Å². The lowest BCUT2D eigenvalue weighted by Crippen LogP contribution is -2.37. The molecule has 0 aliphatic rings. The number of rotatable bonds is 10. The standard InChI is InChI=1S/C29H32N4O4S/c1-18-7-10-24(38-18)27(22-14-20-13-19(17-30)8-9-23(20)31-28(22)37-6)29(34,11-12-33(2)3)21-15-25(35-4)32-26(16-21)36-5/h7-10,13-16,27,34H,11-12H2,1-6H3. The van der Waals surface area contributed by atoms with E-state index in [1.807, 2.05) is 44.1 Å². The summed E-state index contributed by atoms with van der Waals surface area (Å²) in [5, 5.41) is 23.1. The second kappa shape index (κ2) is 11.4. The first kappa shape index (κ1) is 27.3. The molecule has 1 aromatic carbocycles. The summed E-state index contributed by atoms with van der Waals surface area (Å²) in [4.78, 5) is 13.2. The number of pyridine rings is 2. The number of methoxy groups -OCH3 is 3. The zero-order valence-electron chi connectivity index (χ0n) is 22.5. The van der Waals surface area contributed by atoms with E-state index in [0.29, 0.717) is 52.8 Å². The van der Waals surface area contributed by atoms with Gasteiger partial charge in [0.25, 0.3) is 0 Å². The van der Waals surface area contributed by atoms with Crippen LogP contribution in [0.4, 0.5) is 0 Å². The Morgan fingerprint density at radius 1 is 1.00 bits per heavy atom. The van der Waals surface area contributed by atoms with Crippen LogP contribution in [0.2, 0.25) is 0 Å². The molecule has 1 N–H and O–H groups in total. The summed E-state index contributed by atoms with van der Waals surface area (Å²) in [5.41, 5.74) is 1.13. The van der Waals surface area contributed by atoms with Crippen molar-refractivity contribution in [3.63, 3.8) is 0 Å². The zero-order chi connectivity index (χ0) is 27.4. The van der Waals surface area contributed by atoms with Gasteiger partial charge in [0, 0.05) is 39.4 Å². The van der Waals surface area contributed by atoms with E-state index in [-0.39, 0.29) is 0 Å². The summed E-state index contributed by atoms with van der Waals surface area (Å²) >= 11 is 1.61. The lowest BCUT2D eigenvalue weighted by Gasteiger charge is -2.38. The van der Waals surface area contributed by atoms with Gasteiger partial charge < -0.3 is 24.2 Å². The SMILES string of the molecule is COc1cc(C(O)(CCN(C)C)C(c2ccc(C)s2)c2cc3cc(C#N)ccc3nc2OC)cc(OC)n1. The Hall–Kier alpha value is -3.71. The van der Waals surface area contributed by atoms with Crippen molar-refractivity contribution in [2.45, 2.75) is 24.9 Å². The van der Waals surface area contributed by atoms with Crippen LogP contribution >= 0.6 is 11.3 Å². The van der Waals surface area contributed by atoms with E-state index in [4.69, 9.17) is 19.2 Å². The van der Waals surface area contributed by atoms with Gasteiger partial charge in [0.2, 0.25) is 17.6 Å². The Labute approximate surface area is 227 Å². The number of ether oxygens (including phenoxy) is 3. The van der Waals surface area contributed by atoms with Gasteiger partial charge in [-0.25, -0.2) is 4.98 Å². The smallest absolute Gasteiger partial charge is 0.217 e. The van der Waals surface area contributed by atoms with E-state index in [9.17, 15) is 10.4 Å². The lowest BCUT2D eigenvalue weighted by molar-refractivity contribution is 0.00423. The summed E-state index contributed by atoms with van der Waals surface area (Å²) in [7, 11) is 8.59. The number of benzene rings is 1. The van der Waals surface area contributed by atoms with Gasteiger partial charge in [-0.1, -0.05) is 0 Å². The fraction of sp³-hybridized carbons (Fsp3) is 0.345. The Morgan fingerprint density at radius 3 is 2.26 bits per heavy atom. The number of aryl methyl sites for hydroxylation is 1. The highest BCUT2D eigenvalue weighted by atomic mass is 32.1. The number of aromatic nitrogens is 2. The van der Waals surface area contributed by atoms with Gasteiger partial charge in [-0.15, -0.1) is 11.3 Å². The van der Waals surface area contributed by atoms with Crippen LogP contribution in [0, 0.1) is 18.3 Å². The molecule has 0 saturated heterocycles. The largest absolute Gasteiger partial charge is 0.481 e. The van der Waals surface area contributed by atoms with Crippen molar-refractivity contribution in [1.29, 1.82) is 5.26 Å². The first-order valence-electron chi connectivity index (χ1n) is 12.1. The maximum atomic E-state index is 12.8. The molecule has 8 nitrogen and oxygen atoms in total. The van der Waals surface area contributed by atoms with Crippen LogP contribution in [0.1, 0.15) is 38.8 Å². The van der Waals surface area contributed by atoms with Crippen molar-refractivity contribution in [2.24, 2.45) is 0 Å². The maximum Gasteiger partial charge on any atom is 0.217 e. The van der Waals surface area contributed by atoms with E-state index in [0.717, 1.165) is 15.1 Å². The van der Waals surface area contributed by atoms with Crippen LogP contribution in [-0.4, -0.2) is 61.9 Å². The maximum absolute atomic E-state index is 12.8. The molecule has 0 spiro atoms. The van der Waals surface area contributed by atoms with Gasteiger partial charge in [-0.3, -0.25) is 0 Å². The topological polar surface area (TPSA) is 101 Å². The summed E-state index contributed by atoms with van der Waals surface area (Å²) in [6.07, 6.45) is 0.386. The fourth-order valence-corrected chi connectivity index (χ4v) is 5.74. The summed E-state index contributed by atoms with van der Waals surface area (Å²) in [6, 6.07) is 17.1. The predicted octanol–water partition coefficient (Wildman–Crippen LogP) is 4.87. The molecule has 2 unspecified atom stereocenters. The molecule has 9 heteroatoms. The number of hydrogen-bond acceptors (Lipinski definition) is 9. The average molecular weight is 533 g/mol. The second-order valence-corrected chi connectivity index (χ2v) is 10.7. The van der Waals surface area contributed by atoms with Gasteiger partial charge in [0.15, 0.2) is 0 Å². The molecule has 0 saturated carbocycles. The van der Waals surface area contributed by atoms with Gasteiger partial charge in [0.1, 0.15) is 5.60 Å². The first-order chi connectivity index (χ1) is 18.2. The highest BCUT2D eigenvalue weighted by molar-refractivity contribution is 7.12. The van der Waals surface area contributed by atoms with Crippen molar-refractivity contribution in [2.75, 3.05) is 42.0 Å². The summed E-state index contributed by atoms with van der Waals surface area (Å²) in [5.74, 6) is 0.530. The molecule has 2 atom stereocenters. The Morgan fingerprint density at radius 2 is 1.71 bits per heavy atom. The van der Waals surface area contributed by atoms with Crippen LogP contribution in [0.25, 0.3) is 10.9 Å². The van der Waals surface area contributed by atoms with Crippen molar-refractivity contribution < 1.29 is 19.3 Å². The molecule has 4 rings (SSSR count). The summed E-state index contributed by atoms with van der Waals surface area (Å²) in [6.45, 7) is 2.64. The molecule has 0 bridgehead atoms. The molecular weight excluding hydrogens is 500 g/mol. The number of thiophene rings is 1. The highest BCUT2D eigenvalue weighted by Gasteiger charge is 2.44. The highest BCUT2D eigenvalue weighted by Crippen LogP contribution is 2.49. The second-order valence-electron chi connectivity index (χ2n) is 9.41. The molecular formula is C29H32N4O4S. The van der Waals surface area contributed by atoms with Gasteiger partial charge in [-0.2, -0.15) is 10.2 Å². The molecule has 38 heavy (non-hydrogen) atoms. The number of nitriles is 1. The first-order valence-corrected chi connectivity index (χ1v) is 13.0. The molecule has 3 heterocycles. The third-order valence-electron chi connectivity index (χ3n) is 6.60. The average Bonchev–Trinajstić information content (AvgIpc) is 3.35. The zero-order valence-corrected chi connectivity index (χ0v) is 23.3. The molecule has 0 amide bonds. The number of nitrogens with zero attached hydrogens (tertiary/aromatic N) is 4. The number of fused-ring (bicyclic) bond motifs is 1. The number of hydrogen-bond donors (Lipinski definition) is 1. The van der Waals surface area contributed by atoms with Gasteiger partial charge >= 0.3 is 0 Å². The van der Waals surface area contributed by atoms with Crippen LogP contribution in [0.3, 0.4) is 0 Å². The van der Waals surface area contributed by atoms with E-state index >= 15 is 0 Å². The Kier molecular flexibility index (Phi) is 8.17.